The molecule has 3 nitrogen and oxygen atoms in total. The number of carbonyl (C=O) groups is 2. The van der Waals surface area contributed by atoms with Crippen molar-refractivity contribution in [2.75, 3.05) is 0 Å². The minimum atomic E-state index is -0.384. The average molecular weight is 188 g/mol. The number of ether oxygens (including phenoxy) is 1. The number of rotatable bonds is 0. The summed E-state index contributed by atoms with van der Waals surface area (Å²) in [6.07, 6.45) is 0.644. The van der Waals surface area contributed by atoms with Gasteiger partial charge in [-0.2, -0.15) is 0 Å². The van der Waals surface area contributed by atoms with Gasteiger partial charge in [0.25, 0.3) is 0 Å². The summed E-state index contributed by atoms with van der Waals surface area (Å²) in [6, 6.07) is 7.68. The number of benzene rings is 1. The molecule has 3 rings (SSSR count). The fraction of sp³-hybridized carbons (Fsp3) is 0.273. The van der Waals surface area contributed by atoms with Gasteiger partial charge in [0.15, 0.2) is 0 Å². The predicted octanol–water partition coefficient (Wildman–Crippen LogP) is 1.03. The van der Waals surface area contributed by atoms with Crippen molar-refractivity contribution in [1.82, 2.24) is 0 Å². The first-order chi connectivity index (χ1) is 6.77. The second-order valence-corrected chi connectivity index (χ2v) is 3.73. The summed E-state index contributed by atoms with van der Waals surface area (Å²) in [5, 5.41) is 0. The van der Waals surface area contributed by atoms with Crippen LogP contribution < -0.4 is 0 Å². The van der Waals surface area contributed by atoms with E-state index in [9.17, 15) is 9.59 Å². The lowest BCUT2D eigenvalue weighted by atomic mass is 9.95. The van der Waals surface area contributed by atoms with E-state index in [0.29, 0.717) is 6.42 Å². The van der Waals surface area contributed by atoms with Gasteiger partial charge in [-0.05, 0) is 17.5 Å². The average Bonchev–Trinajstić information content (AvgIpc) is 2.66. The van der Waals surface area contributed by atoms with Crippen LogP contribution in [0.3, 0.4) is 0 Å². The van der Waals surface area contributed by atoms with E-state index >= 15 is 0 Å². The van der Waals surface area contributed by atoms with Gasteiger partial charge < -0.3 is 4.74 Å². The maximum Gasteiger partial charge on any atom is 0.321 e. The zero-order chi connectivity index (χ0) is 9.71. The molecule has 1 saturated heterocycles. The highest BCUT2D eigenvalue weighted by Gasteiger charge is 2.49. The van der Waals surface area contributed by atoms with Gasteiger partial charge in [-0.15, -0.1) is 0 Å². The molecule has 3 heteroatoms. The van der Waals surface area contributed by atoms with Crippen LogP contribution in [0.1, 0.15) is 17.0 Å². The topological polar surface area (TPSA) is 43.4 Å². The zero-order valence-electron chi connectivity index (χ0n) is 7.40. The molecule has 1 heterocycles. The van der Waals surface area contributed by atoms with Crippen molar-refractivity contribution in [3.63, 3.8) is 0 Å². The van der Waals surface area contributed by atoms with E-state index in [0.717, 1.165) is 11.1 Å². The van der Waals surface area contributed by atoms with Gasteiger partial charge >= 0.3 is 11.9 Å². The monoisotopic (exact) mass is 188 g/mol. The van der Waals surface area contributed by atoms with Crippen LogP contribution in [0.15, 0.2) is 24.3 Å². The molecule has 1 aliphatic carbocycles. The van der Waals surface area contributed by atoms with Gasteiger partial charge in [-0.25, -0.2) is 0 Å². The Morgan fingerprint density at radius 2 is 1.93 bits per heavy atom. The molecule has 14 heavy (non-hydrogen) atoms. The van der Waals surface area contributed by atoms with Crippen LogP contribution in [0.4, 0.5) is 0 Å². The van der Waals surface area contributed by atoms with Gasteiger partial charge in [0.2, 0.25) is 0 Å². The number of fused-ring (bicyclic) bond motifs is 3. The molecule has 0 radical (unpaired) electrons. The molecule has 2 atom stereocenters. The molecule has 2 unspecified atom stereocenters. The van der Waals surface area contributed by atoms with Gasteiger partial charge in [-0.3, -0.25) is 9.59 Å². The first kappa shape index (κ1) is 7.74. The molecule has 0 aromatic heterocycles. The minimum absolute atomic E-state index is 0.264. The number of hydrogen-bond acceptors (Lipinski definition) is 3. The number of esters is 2. The van der Waals surface area contributed by atoms with E-state index in [2.05, 4.69) is 4.74 Å². The van der Waals surface area contributed by atoms with E-state index in [1.165, 1.54) is 0 Å². The van der Waals surface area contributed by atoms with Crippen molar-refractivity contribution in [1.29, 1.82) is 0 Å². The van der Waals surface area contributed by atoms with Crippen molar-refractivity contribution < 1.29 is 14.3 Å². The molecule has 1 aromatic rings. The molecule has 2 aliphatic rings. The lowest BCUT2D eigenvalue weighted by Crippen LogP contribution is -2.10. The highest BCUT2D eigenvalue weighted by molar-refractivity contribution is 6.01. The molecule has 1 aromatic carbocycles. The Labute approximate surface area is 80.7 Å². The Morgan fingerprint density at radius 1 is 1.14 bits per heavy atom. The van der Waals surface area contributed by atoms with Crippen LogP contribution in [-0.2, 0) is 20.7 Å². The van der Waals surface area contributed by atoms with Crippen molar-refractivity contribution in [3.8, 4) is 0 Å². The normalized spacial score (nSPS) is 28.6. The lowest BCUT2D eigenvalue weighted by Gasteiger charge is -2.02. The van der Waals surface area contributed by atoms with E-state index in [-0.39, 0.29) is 23.8 Å². The lowest BCUT2D eigenvalue weighted by molar-refractivity contribution is -0.153. The minimum Gasteiger partial charge on any atom is -0.392 e. The zero-order valence-corrected chi connectivity index (χ0v) is 7.40. The molecule has 0 saturated carbocycles. The molecular formula is C11H8O3. The van der Waals surface area contributed by atoms with Gasteiger partial charge in [0, 0.05) is 0 Å². The number of carbonyl (C=O) groups excluding carboxylic acids is 2. The summed E-state index contributed by atoms with van der Waals surface area (Å²) >= 11 is 0. The second-order valence-electron chi connectivity index (χ2n) is 3.73. The molecule has 0 amide bonds. The maximum atomic E-state index is 11.4. The van der Waals surface area contributed by atoms with Crippen molar-refractivity contribution in [2.24, 2.45) is 5.92 Å². The van der Waals surface area contributed by atoms with Crippen LogP contribution >= 0.6 is 0 Å². The Bertz CT molecular complexity index is 436. The fourth-order valence-electron chi connectivity index (χ4n) is 2.34. The molecule has 0 N–H and O–H groups in total. The molecule has 0 spiro atoms. The Morgan fingerprint density at radius 3 is 2.79 bits per heavy atom. The summed E-state index contributed by atoms with van der Waals surface area (Å²) in [5.41, 5.74) is 2.07. The quantitative estimate of drug-likeness (QED) is 0.451. The van der Waals surface area contributed by atoms with E-state index in [4.69, 9.17) is 0 Å². The number of cyclic esters (lactones) is 2. The summed E-state index contributed by atoms with van der Waals surface area (Å²) in [7, 11) is 0. The predicted molar refractivity (Wildman–Crippen MR) is 47.5 cm³/mol. The molecule has 1 aliphatic heterocycles. The Kier molecular flexibility index (Phi) is 1.35. The van der Waals surface area contributed by atoms with Crippen molar-refractivity contribution >= 4 is 11.9 Å². The Balaban J connectivity index is 2.15. The first-order valence-corrected chi connectivity index (χ1v) is 4.61. The van der Waals surface area contributed by atoms with Gasteiger partial charge in [0.1, 0.15) is 0 Å². The van der Waals surface area contributed by atoms with Crippen molar-refractivity contribution in [3.05, 3.63) is 35.4 Å². The largest absolute Gasteiger partial charge is 0.392 e. The molecule has 70 valence electrons. The van der Waals surface area contributed by atoms with Gasteiger partial charge in [0.05, 0.1) is 11.8 Å². The third-order valence-electron chi connectivity index (χ3n) is 2.99. The molecule has 1 fully saturated rings. The van der Waals surface area contributed by atoms with E-state index in [1.807, 2.05) is 24.3 Å². The van der Waals surface area contributed by atoms with E-state index < -0.39 is 0 Å². The summed E-state index contributed by atoms with van der Waals surface area (Å²) < 4.78 is 4.61. The van der Waals surface area contributed by atoms with E-state index in [1.54, 1.807) is 0 Å². The Hall–Kier alpha value is -1.64. The SMILES string of the molecule is O=C1OC(=O)C2c3ccccc3CC12. The van der Waals surface area contributed by atoms with Crippen LogP contribution in [-0.4, -0.2) is 11.9 Å². The summed E-state index contributed by atoms with van der Waals surface area (Å²) in [5.74, 6) is -1.35. The molecule has 0 bridgehead atoms. The standard InChI is InChI=1S/C11H8O3/c12-10-8-5-6-3-1-2-4-7(6)9(8)11(13)14-10/h1-4,8-9H,5H2. The van der Waals surface area contributed by atoms with Crippen LogP contribution in [0.25, 0.3) is 0 Å². The number of hydrogen-bond donors (Lipinski definition) is 0. The summed E-state index contributed by atoms with van der Waals surface area (Å²) in [6.45, 7) is 0. The highest BCUT2D eigenvalue weighted by atomic mass is 16.6. The first-order valence-electron chi connectivity index (χ1n) is 4.61. The van der Waals surface area contributed by atoms with Crippen LogP contribution in [0, 0.1) is 5.92 Å². The maximum absolute atomic E-state index is 11.4. The highest BCUT2D eigenvalue weighted by Crippen LogP contribution is 2.43. The third-order valence-corrected chi connectivity index (χ3v) is 2.99. The van der Waals surface area contributed by atoms with Crippen LogP contribution in [0.5, 0.6) is 0 Å². The second kappa shape index (κ2) is 2.44. The van der Waals surface area contributed by atoms with Gasteiger partial charge in [-0.1, -0.05) is 24.3 Å². The summed E-state index contributed by atoms with van der Waals surface area (Å²) in [4.78, 5) is 22.7. The fourth-order valence-corrected chi connectivity index (χ4v) is 2.34. The smallest absolute Gasteiger partial charge is 0.321 e. The van der Waals surface area contributed by atoms with Crippen LogP contribution in [0.2, 0.25) is 0 Å². The molecular weight excluding hydrogens is 180 g/mol. The third kappa shape index (κ3) is 0.816. The van der Waals surface area contributed by atoms with Crippen molar-refractivity contribution in [2.45, 2.75) is 12.3 Å².